The van der Waals surface area contributed by atoms with Gasteiger partial charge in [0, 0.05) is 6.20 Å². The smallest absolute Gasteiger partial charge is 0.119 e. The number of para-hydroxylation sites is 1. The number of hydrogen-bond donors (Lipinski definition) is 3. The second-order valence-electron chi connectivity index (χ2n) is 5.42. The summed E-state index contributed by atoms with van der Waals surface area (Å²) in [4.78, 5) is 4.55. The van der Waals surface area contributed by atoms with E-state index in [1.165, 1.54) is 0 Å². The summed E-state index contributed by atoms with van der Waals surface area (Å²) in [6.07, 6.45) is 8.01. The second-order valence-corrected chi connectivity index (χ2v) is 5.83. The van der Waals surface area contributed by atoms with Crippen molar-refractivity contribution in [1.29, 1.82) is 0 Å². The zero-order valence-electron chi connectivity index (χ0n) is 12.1. The van der Waals surface area contributed by atoms with Crippen molar-refractivity contribution in [3.8, 4) is 0 Å². The van der Waals surface area contributed by atoms with Gasteiger partial charge in [0.1, 0.15) is 5.84 Å². The van der Waals surface area contributed by atoms with Gasteiger partial charge in [-0.25, -0.2) is 0 Å². The van der Waals surface area contributed by atoms with Crippen LogP contribution in [0.4, 0.5) is 5.69 Å². The van der Waals surface area contributed by atoms with E-state index in [-0.39, 0.29) is 0 Å². The highest BCUT2D eigenvalue weighted by atomic mass is 35.5. The summed E-state index contributed by atoms with van der Waals surface area (Å²) in [6.45, 7) is 0.785. The lowest BCUT2D eigenvalue weighted by Gasteiger charge is -2.25. The first-order chi connectivity index (χ1) is 10.2. The maximum atomic E-state index is 6.05. The van der Waals surface area contributed by atoms with Gasteiger partial charge in [0.2, 0.25) is 0 Å². The molecule has 0 amide bonds. The quantitative estimate of drug-likeness (QED) is 0.578. The zero-order valence-corrected chi connectivity index (χ0v) is 12.9. The van der Waals surface area contributed by atoms with Crippen LogP contribution >= 0.6 is 11.6 Å². The molecular formula is C16H23ClN4. The molecule has 5 N–H and O–H groups in total. The van der Waals surface area contributed by atoms with Gasteiger partial charge in [-0.05, 0) is 56.4 Å². The van der Waals surface area contributed by atoms with Gasteiger partial charge in [-0.3, -0.25) is 4.99 Å². The molecule has 21 heavy (non-hydrogen) atoms. The van der Waals surface area contributed by atoms with Crippen molar-refractivity contribution in [1.82, 2.24) is 0 Å². The van der Waals surface area contributed by atoms with E-state index in [2.05, 4.69) is 10.3 Å². The molecule has 0 saturated heterocycles. The Morgan fingerprint density at radius 2 is 2.00 bits per heavy atom. The molecule has 1 aromatic rings. The molecule has 0 spiro atoms. The van der Waals surface area contributed by atoms with Gasteiger partial charge >= 0.3 is 0 Å². The minimum atomic E-state index is 0.331. The van der Waals surface area contributed by atoms with Crippen molar-refractivity contribution >= 4 is 23.1 Å². The van der Waals surface area contributed by atoms with Gasteiger partial charge in [0.25, 0.3) is 0 Å². The largest absolute Gasteiger partial charge is 0.384 e. The Kier molecular flexibility index (Phi) is 6.08. The predicted octanol–water partition coefficient (Wildman–Crippen LogP) is 3.14. The molecule has 0 bridgehead atoms. The van der Waals surface area contributed by atoms with E-state index in [1.54, 1.807) is 12.3 Å². The number of nitrogens with zero attached hydrogens (tertiary/aromatic N) is 1. The number of halogens is 1. The van der Waals surface area contributed by atoms with Gasteiger partial charge in [0.05, 0.1) is 16.8 Å². The molecule has 1 aliphatic rings. The predicted molar refractivity (Wildman–Crippen MR) is 90.6 cm³/mol. The average Bonchev–Trinajstić information content (AvgIpc) is 2.50. The Morgan fingerprint density at radius 1 is 1.29 bits per heavy atom. The molecule has 1 aromatic carbocycles. The number of nitrogens with one attached hydrogen (secondary N) is 1. The van der Waals surface area contributed by atoms with Gasteiger partial charge in [-0.2, -0.15) is 0 Å². The van der Waals surface area contributed by atoms with Crippen molar-refractivity contribution in [3.63, 3.8) is 0 Å². The van der Waals surface area contributed by atoms with Gasteiger partial charge in [-0.15, -0.1) is 0 Å². The lowest BCUT2D eigenvalue weighted by atomic mass is 9.86. The van der Waals surface area contributed by atoms with Crippen LogP contribution in [0.25, 0.3) is 0 Å². The van der Waals surface area contributed by atoms with Gasteiger partial charge in [0.15, 0.2) is 0 Å². The Hall–Kier alpha value is -1.52. The van der Waals surface area contributed by atoms with Crippen LogP contribution < -0.4 is 16.8 Å². The topological polar surface area (TPSA) is 76.4 Å². The number of anilines is 1. The van der Waals surface area contributed by atoms with Gasteiger partial charge < -0.3 is 16.8 Å². The molecule has 1 aliphatic carbocycles. The summed E-state index contributed by atoms with van der Waals surface area (Å²) in [6, 6.07) is 7.90. The fourth-order valence-electron chi connectivity index (χ4n) is 2.56. The summed E-state index contributed by atoms with van der Waals surface area (Å²) in [5.74, 6) is 1.21. The molecule has 5 heteroatoms. The van der Waals surface area contributed by atoms with Crippen LogP contribution in [-0.2, 0) is 0 Å². The first-order valence-electron chi connectivity index (χ1n) is 7.40. The maximum absolute atomic E-state index is 6.05. The lowest BCUT2D eigenvalue weighted by Crippen LogP contribution is -2.24. The fraction of sp³-hybridized carbons (Fsp3) is 0.438. The highest BCUT2D eigenvalue weighted by Gasteiger charge is 2.19. The molecule has 0 atom stereocenters. The summed E-state index contributed by atoms with van der Waals surface area (Å²) >= 11 is 6.05. The first kappa shape index (κ1) is 15.9. The van der Waals surface area contributed by atoms with Crippen LogP contribution in [0.3, 0.4) is 0 Å². The number of rotatable bonds is 5. The maximum Gasteiger partial charge on any atom is 0.119 e. The van der Waals surface area contributed by atoms with E-state index in [9.17, 15) is 0 Å². The van der Waals surface area contributed by atoms with Crippen LogP contribution in [0.15, 0.2) is 41.5 Å². The normalized spacial score (nSPS) is 23.4. The molecule has 2 rings (SSSR count). The molecule has 0 unspecified atom stereocenters. The average molecular weight is 307 g/mol. The molecule has 1 saturated carbocycles. The molecule has 1 fully saturated rings. The van der Waals surface area contributed by atoms with Crippen molar-refractivity contribution in [2.75, 3.05) is 11.9 Å². The zero-order chi connectivity index (χ0) is 15.1. The third kappa shape index (κ3) is 5.06. The molecule has 0 heterocycles. The number of amidine groups is 1. The van der Waals surface area contributed by atoms with E-state index in [0.717, 1.165) is 37.9 Å². The Morgan fingerprint density at radius 3 is 2.67 bits per heavy atom. The van der Waals surface area contributed by atoms with E-state index < -0.39 is 0 Å². The van der Waals surface area contributed by atoms with E-state index in [4.69, 9.17) is 23.1 Å². The number of nitrogens with two attached hydrogens (primary N) is 2. The minimum Gasteiger partial charge on any atom is -0.384 e. The standard InChI is InChI=1S/C16H23ClN4/c17-14-3-1-2-4-15(14)20-10-9-16(19)21-13-7-5-12(11-18)6-8-13/h1-4,9-10,12-13,20H,5-8,11,18H2,(H2,19,21)/b10-9-. The van der Waals surface area contributed by atoms with Crippen LogP contribution in [0.2, 0.25) is 5.02 Å². The molecular weight excluding hydrogens is 284 g/mol. The lowest BCUT2D eigenvalue weighted by molar-refractivity contribution is 0.334. The second kappa shape index (κ2) is 8.05. The van der Waals surface area contributed by atoms with Crippen LogP contribution in [0.1, 0.15) is 25.7 Å². The van der Waals surface area contributed by atoms with E-state index in [1.807, 2.05) is 24.3 Å². The SMILES string of the molecule is NCC1CCC(N=C(N)/C=C\Nc2ccccc2Cl)CC1. The van der Waals surface area contributed by atoms with E-state index in [0.29, 0.717) is 22.8 Å². The van der Waals surface area contributed by atoms with Gasteiger partial charge in [-0.1, -0.05) is 23.7 Å². The number of benzene rings is 1. The summed E-state index contributed by atoms with van der Waals surface area (Å²) in [5, 5.41) is 3.79. The number of aliphatic imine (C=N–C) groups is 1. The summed E-state index contributed by atoms with van der Waals surface area (Å²) in [7, 11) is 0. The van der Waals surface area contributed by atoms with Crippen LogP contribution in [-0.4, -0.2) is 18.4 Å². The highest BCUT2D eigenvalue weighted by molar-refractivity contribution is 6.33. The van der Waals surface area contributed by atoms with Crippen LogP contribution in [0.5, 0.6) is 0 Å². The third-order valence-corrected chi connectivity index (χ3v) is 4.18. The van der Waals surface area contributed by atoms with Crippen molar-refractivity contribution in [3.05, 3.63) is 41.6 Å². The summed E-state index contributed by atoms with van der Waals surface area (Å²) in [5.41, 5.74) is 12.5. The monoisotopic (exact) mass is 306 g/mol. The minimum absolute atomic E-state index is 0.331. The van der Waals surface area contributed by atoms with Crippen molar-refractivity contribution < 1.29 is 0 Å². The number of hydrogen-bond acceptors (Lipinski definition) is 3. The highest BCUT2D eigenvalue weighted by Crippen LogP contribution is 2.25. The molecule has 0 aliphatic heterocycles. The Balaban J connectivity index is 1.83. The van der Waals surface area contributed by atoms with Crippen LogP contribution in [0, 0.1) is 5.92 Å². The summed E-state index contributed by atoms with van der Waals surface area (Å²) < 4.78 is 0. The van der Waals surface area contributed by atoms with Crippen molar-refractivity contribution in [2.24, 2.45) is 22.4 Å². The third-order valence-electron chi connectivity index (χ3n) is 3.85. The molecule has 4 nitrogen and oxygen atoms in total. The Labute approximate surface area is 131 Å². The molecule has 114 valence electrons. The Bertz CT molecular complexity index is 505. The fourth-order valence-corrected chi connectivity index (χ4v) is 2.75. The first-order valence-corrected chi connectivity index (χ1v) is 7.77. The van der Waals surface area contributed by atoms with E-state index >= 15 is 0 Å². The van der Waals surface area contributed by atoms with Crippen molar-refractivity contribution in [2.45, 2.75) is 31.7 Å². The molecule has 0 aromatic heterocycles. The molecule has 0 radical (unpaired) electrons.